The molecule has 1 aliphatic rings. The quantitative estimate of drug-likeness (QED) is 0.352. The van der Waals surface area contributed by atoms with E-state index in [9.17, 15) is 0 Å². The summed E-state index contributed by atoms with van der Waals surface area (Å²) in [4.78, 5) is 0. The van der Waals surface area contributed by atoms with Gasteiger partial charge < -0.3 is 0 Å². The Morgan fingerprint density at radius 1 is 0.583 bits per heavy atom. The Hall–Kier alpha value is -0.446. The van der Waals surface area contributed by atoms with Crippen LogP contribution in [0.4, 0.5) is 0 Å². The Labute approximate surface area is 154 Å². The van der Waals surface area contributed by atoms with Crippen LogP contribution in [-0.2, 0) is 0 Å². The highest BCUT2D eigenvalue weighted by Gasteiger charge is 2.32. The van der Waals surface area contributed by atoms with E-state index in [0.29, 0.717) is 0 Å². The molecule has 24 heavy (non-hydrogen) atoms. The van der Waals surface area contributed by atoms with Crippen LogP contribution in [0.25, 0.3) is 0 Å². The van der Waals surface area contributed by atoms with Gasteiger partial charge in [-0.05, 0) is 49.1 Å². The second-order valence-corrected chi connectivity index (χ2v) is 17.7. The Morgan fingerprint density at radius 2 is 0.917 bits per heavy atom. The molecule has 0 aliphatic heterocycles. The molecule has 0 unspecified atom stereocenters. The SMILES string of the molecule is CC[Si](C#CC1(C#C[Si](CC)(CC)CC)CCCCC1)(CC)CC. The molecular weight excluding hydrogens is 320 g/mol. The lowest BCUT2D eigenvalue weighted by Crippen LogP contribution is -2.32. The first kappa shape index (κ1) is 21.6. The van der Waals surface area contributed by atoms with E-state index in [2.05, 4.69) is 64.5 Å². The molecule has 0 N–H and O–H groups in total. The summed E-state index contributed by atoms with van der Waals surface area (Å²) in [6, 6.07) is 7.80. The highest BCUT2D eigenvalue weighted by molar-refractivity contribution is 6.87. The average molecular weight is 361 g/mol. The van der Waals surface area contributed by atoms with Gasteiger partial charge in [-0.2, -0.15) is 0 Å². The molecule has 0 aromatic heterocycles. The summed E-state index contributed by atoms with van der Waals surface area (Å²) in [5, 5.41) is 0. The van der Waals surface area contributed by atoms with Gasteiger partial charge in [0.1, 0.15) is 16.1 Å². The van der Waals surface area contributed by atoms with Gasteiger partial charge in [0, 0.05) is 0 Å². The normalized spacial score (nSPS) is 17.4. The molecule has 0 spiro atoms. The minimum absolute atomic E-state index is 0.0355. The Morgan fingerprint density at radius 3 is 1.21 bits per heavy atom. The molecule has 0 amide bonds. The van der Waals surface area contributed by atoms with Gasteiger partial charge in [-0.1, -0.05) is 72.6 Å². The van der Waals surface area contributed by atoms with Gasteiger partial charge in [0.05, 0.1) is 5.41 Å². The Balaban J connectivity index is 3.23. The van der Waals surface area contributed by atoms with Crippen LogP contribution in [-0.4, -0.2) is 16.1 Å². The van der Waals surface area contributed by atoms with Crippen LogP contribution in [0.3, 0.4) is 0 Å². The molecule has 1 rings (SSSR count). The molecule has 0 bridgehead atoms. The third-order valence-corrected chi connectivity index (χ3v) is 16.3. The topological polar surface area (TPSA) is 0 Å². The lowest BCUT2D eigenvalue weighted by molar-refractivity contribution is 0.352. The second kappa shape index (κ2) is 9.89. The first-order valence-corrected chi connectivity index (χ1v) is 15.8. The molecule has 0 heterocycles. The van der Waals surface area contributed by atoms with E-state index in [1.807, 2.05) is 0 Å². The summed E-state index contributed by atoms with van der Waals surface area (Å²) in [6.07, 6.45) is 6.45. The van der Waals surface area contributed by atoms with Gasteiger partial charge in [-0.25, -0.2) is 0 Å². The third-order valence-electron chi connectivity index (χ3n) is 6.90. The summed E-state index contributed by atoms with van der Waals surface area (Å²) in [7, 11) is -2.73. The molecule has 0 nitrogen and oxygen atoms in total. The van der Waals surface area contributed by atoms with E-state index in [0.717, 1.165) is 0 Å². The fourth-order valence-corrected chi connectivity index (χ4v) is 9.04. The summed E-state index contributed by atoms with van der Waals surface area (Å²) < 4.78 is 0. The predicted molar refractivity (Wildman–Crippen MR) is 115 cm³/mol. The van der Waals surface area contributed by atoms with E-state index in [-0.39, 0.29) is 5.41 Å². The van der Waals surface area contributed by atoms with Gasteiger partial charge >= 0.3 is 0 Å². The van der Waals surface area contributed by atoms with E-state index in [1.165, 1.54) is 68.4 Å². The summed E-state index contributed by atoms with van der Waals surface area (Å²) >= 11 is 0. The molecule has 0 aromatic carbocycles. The summed E-state index contributed by atoms with van der Waals surface area (Å²) in [5.41, 5.74) is 7.81. The molecule has 0 saturated heterocycles. The van der Waals surface area contributed by atoms with Crippen LogP contribution in [0, 0.1) is 28.3 Å². The zero-order valence-corrected chi connectivity index (χ0v) is 19.3. The van der Waals surface area contributed by atoms with Gasteiger partial charge in [-0.3, -0.25) is 0 Å². The van der Waals surface area contributed by atoms with Gasteiger partial charge in [0.15, 0.2) is 0 Å². The first-order valence-electron chi connectivity index (χ1n) is 10.6. The van der Waals surface area contributed by atoms with Crippen LogP contribution in [0.5, 0.6) is 0 Å². The van der Waals surface area contributed by atoms with Crippen molar-refractivity contribution in [2.24, 2.45) is 5.41 Å². The summed E-state index contributed by atoms with van der Waals surface area (Å²) in [6.45, 7) is 14.1. The fraction of sp³-hybridized carbons (Fsp3) is 0.818. The Bertz CT molecular complexity index is 427. The lowest BCUT2D eigenvalue weighted by atomic mass is 9.75. The van der Waals surface area contributed by atoms with Crippen LogP contribution in [0.2, 0.25) is 36.3 Å². The lowest BCUT2D eigenvalue weighted by Gasteiger charge is -2.30. The first-order chi connectivity index (χ1) is 11.5. The number of hydrogen-bond donors (Lipinski definition) is 0. The maximum absolute atomic E-state index is 3.88. The standard InChI is InChI=1S/C22H40Si2/c1-7-23(8-2,9-3)20-18-22(16-14-13-15-17-22)19-21-24(10-4,11-5)12-6/h7-17H2,1-6H3. The molecule has 1 saturated carbocycles. The maximum atomic E-state index is 3.88. The van der Waals surface area contributed by atoms with Crippen molar-refractivity contribution in [2.75, 3.05) is 0 Å². The highest BCUT2D eigenvalue weighted by Crippen LogP contribution is 2.36. The molecular formula is C22H40Si2. The zero-order chi connectivity index (χ0) is 18.1. The number of rotatable bonds is 6. The van der Waals surface area contributed by atoms with E-state index in [4.69, 9.17) is 0 Å². The van der Waals surface area contributed by atoms with Crippen molar-refractivity contribution in [2.45, 2.75) is 110 Å². The van der Waals surface area contributed by atoms with Crippen molar-refractivity contribution in [3.05, 3.63) is 0 Å². The van der Waals surface area contributed by atoms with E-state index < -0.39 is 16.1 Å². The minimum atomic E-state index is -1.37. The van der Waals surface area contributed by atoms with Crippen molar-refractivity contribution in [3.8, 4) is 22.9 Å². The van der Waals surface area contributed by atoms with Gasteiger partial charge in [0.2, 0.25) is 0 Å². The minimum Gasteiger partial charge on any atom is -0.130 e. The van der Waals surface area contributed by atoms with Crippen LogP contribution in [0.15, 0.2) is 0 Å². The predicted octanol–water partition coefficient (Wildman–Crippen LogP) is 7.04. The van der Waals surface area contributed by atoms with E-state index in [1.54, 1.807) is 0 Å². The molecule has 136 valence electrons. The monoisotopic (exact) mass is 360 g/mol. The fourth-order valence-electron chi connectivity index (χ4n) is 3.97. The molecule has 0 aromatic rings. The van der Waals surface area contributed by atoms with Gasteiger partial charge in [-0.15, -0.1) is 11.1 Å². The molecule has 0 radical (unpaired) electrons. The average Bonchev–Trinajstić information content (AvgIpc) is 2.66. The van der Waals surface area contributed by atoms with E-state index >= 15 is 0 Å². The third kappa shape index (κ3) is 5.27. The second-order valence-electron chi connectivity index (χ2n) is 7.82. The molecule has 2 heteroatoms. The van der Waals surface area contributed by atoms with Crippen LogP contribution < -0.4 is 0 Å². The van der Waals surface area contributed by atoms with Crippen molar-refractivity contribution < 1.29 is 0 Å². The molecule has 1 aliphatic carbocycles. The molecule has 1 fully saturated rings. The maximum Gasteiger partial charge on any atom is 0.137 e. The Kier molecular flexibility index (Phi) is 8.90. The van der Waals surface area contributed by atoms with Crippen molar-refractivity contribution in [3.63, 3.8) is 0 Å². The highest BCUT2D eigenvalue weighted by atomic mass is 28.3. The summed E-state index contributed by atoms with van der Waals surface area (Å²) in [5.74, 6) is 7.67. The smallest absolute Gasteiger partial charge is 0.130 e. The number of hydrogen-bond acceptors (Lipinski definition) is 0. The van der Waals surface area contributed by atoms with Crippen LogP contribution in [0.1, 0.15) is 73.6 Å². The van der Waals surface area contributed by atoms with Gasteiger partial charge in [0.25, 0.3) is 0 Å². The zero-order valence-electron chi connectivity index (χ0n) is 17.3. The van der Waals surface area contributed by atoms with Crippen LogP contribution >= 0.6 is 0 Å². The molecule has 0 atom stereocenters. The largest absolute Gasteiger partial charge is 0.137 e. The van der Waals surface area contributed by atoms with Crippen molar-refractivity contribution in [1.82, 2.24) is 0 Å². The van der Waals surface area contributed by atoms with Crippen molar-refractivity contribution in [1.29, 1.82) is 0 Å². The van der Waals surface area contributed by atoms with Crippen molar-refractivity contribution >= 4 is 16.1 Å².